The summed E-state index contributed by atoms with van der Waals surface area (Å²) >= 11 is 0. The van der Waals surface area contributed by atoms with Gasteiger partial charge in [-0.15, -0.1) is 0 Å². The standard InChI is InChI=1S/C27H28FN3O4S/c1-27(2,33)20-11-26(35-15-20)36(30,34)16-23(32)13-25-19(8-17-4-3-5-17)9-21(28)12-24(25)18-6-7-31-22(10-18)14-29/h6-7,9-12,15,17,30,33H,3-5,8,13,16H2,1-2H3. The summed E-state index contributed by atoms with van der Waals surface area (Å²) in [6, 6.07) is 9.30. The van der Waals surface area contributed by atoms with Gasteiger partial charge in [-0.1, -0.05) is 19.3 Å². The van der Waals surface area contributed by atoms with E-state index in [0.29, 0.717) is 40.2 Å². The minimum Gasteiger partial charge on any atom is -0.454 e. The van der Waals surface area contributed by atoms with Crippen LogP contribution in [0, 0.1) is 27.8 Å². The Morgan fingerprint density at radius 2 is 2.08 bits per heavy atom. The summed E-state index contributed by atoms with van der Waals surface area (Å²) < 4.78 is 41.4. The number of nitriles is 1. The molecule has 1 aromatic carbocycles. The number of ketones is 1. The van der Waals surface area contributed by atoms with E-state index in [4.69, 9.17) is 9.20 Å². The molecule has 0 amide bonds. The van der Waals surface area contributed by atoms with Crippen molar-refractivity contribution < 1.29 is 22.9 Å². The van der Waals surface area contributed by atoms with E-state index in [1.54, 1.807) is 12.1 Å². The van der Waals surface area contributed by atoms with Crippen LogP contribution in [0.15, 0.2) is 52.3 Å². The van der Waals surface area contributed by atoms with Crippen LogP contribution in [0.1, 0.15) is 55.5 Å². The van der Waals surface area contributed by atoms with Crippen LogP contribution in [0.3, 0.4) is 0 Å². The topological polar surface area (TPSA) is 128 Å². The van der Waals surface area contributed by atoms with Crippen molar-refractivity contribution in [3.8, 4) is 17.2 Å². The van der Waals surface area contributed by atoms with Gasteiger partial charge < -0.3 is 9.52 Å². The van der Waals surface area contributed by atoms with Crippen molar-refractivity contribution in [1.82, 2.24) is 4.98 Å². The Morgan fingerprint density at radius 3 is 2.69 bits per heavy atom. The molecule has 1 saturated carbocycles. The molecule has 7 nitrogen and oxygen atoms in total. The number of furan rings is 1. The molecule has 1 aliphatic carbocycles. The molecule has 1 atom stereocenters. The highest BCUT2D eigenvalue weighted by Crippen LogP contribution is 2.35. The number of benzene rings is 1. The number of carbonyl (C=O) groups excluding carboxylic acids is 1. The molecule has 3 aromatic rings. The van der Waals surface area contributed by atoms with E-state index in [-0.39, 0.29) is 17.2 Å². The second-order valence-corrected chi connectivity index (χ2v) is 11.9. The lowest BCUT2D eigenvalue weighted by atomic mass is 9.78. The van der Waals surface area contributed by atoms with Crippen molar-refractivity contribution in [2.45, 2.75) is 56.6 Å². The predicted molar refractivity (Wildman–Crippen MR) is 132 cm³/mol. The van der Waals surface area contributed by atoms with Gasteiger partial charge in [0.15, 0.2) is 10.9 Å². The van der Waals surface area contributed by atoms with Gasteiger partial charge in [-0.05, 0) is 72.7 Å². The summed E-state index contributed by atoms with van der Waals surface area (Å²) in [5.74, 6) is -1.06. The number of nitrogens with one attached hydrogen (secondary N) is 1. The van der Waals surface area contributed by atoms with Crippen LogP contribution >= 0.6 is 0 Å². The summed E-state index contributed by atoms with van der Waals surface area (Å²) in [5.41, 5.74) is 1.64. The lowest BCUT2D eigenvalue weighted by molar-refractivity contribution is -0.116. The third kappa shape index (κ3) is 5.72. The average Bonchev–Trinajstić information content (AvgIpc) is 3.29. The zero-order valence-electron chi connectivity index (χ0n) is 20.2. The van der Waals surface area contributed by atoms with Gasteiger partial charge in [0.25, 0.3) is 0 Å². The number of aliphatic hydroxyl groups is 1. The lowest BCUT2D eigenvalue weighted by Crippen LogP contribution is -2.20. The van der Waals surface area contributed by atoms with Gasteiger partial charge in [-0.2, -0.15) is 5.26 Å². The average molecular weight is 510 g/mol. The molecule has 2 aromatic heterocycles. The Hall–Kier alpha value is -3.35. The van der Waals surface area contributed by atoms with Crippen molar-refractivity contribution >= 4 is 15.5 Å². The van der Waals surface area contributed by atoms with E-state index in [9.17, 15) is 23.8 Å². The fourth-order valence-electron chi connectivity index (χ4n) is 4.37. The Bertz CT molecular complexity index is 1440. The first-order valence-corrected chi connectivity index (χ1v) is 13.5. The number of nitrogens with zero attached hydrogens (tertiary/aromatic N) is 2. The highest BCUT2D eigenvalue weighted by Gasteiger charge is 2.27. The number of halogens is 1. The molecular formula is C27H28FN3O4S. The first-order chi connectivity index (χ1) is 17.0. The molecule has 0 spiro atoms. The van der Waals surface area contributed by atoms with Crippen LogP contribution in [0.5, 0.6) is 0 Å². The third-order valence-electron chi connectivity index (χ3n) is 6.57. The van der Waals surface area contributed by atoms with Gasteiger partial charge >= 0.3 is 0 Å². The summed E-state index contributed by atoms with van der Waals surface area (Å²) in [4.78, 5) is 17.1. The zero-order valence-corrected chi connectivity index (χ0v) is 21.0. The van der Waals surface area contributed by atoms with Crippen molar-refractivity contribution in [1.29, 1.82) is 10.0 Å². The van der Waals surface area contributed by atoms with Crippen molar-refractivity contribution in [2.24, 2.45) is 5.92 Å². The molecule has 2 N–H and O–H groups in total. The Morgan fingerprint density at radius 1 is 1.33 bits per heavy atom. The fraction of sp³-hybridized carbons (Fsp3) is 0.370. The maximum Gasteiger partial charge on any atom is 0.199 e. The maximum absolute atomic E-state index is 14.7. The first-order valence-electron chi connectivity index (χ1n) is 11.7. The molecule has 1 unspecified atom stereocenters. The number of rotatable bonds is 9. The summed E-state index contributed by atoms with van der Waals surface area (Å²) in [7, 11) is -3.60. The molecule has 188 valence electrons. The fourth-order valence-corrected chi connectivity index (χ4v) is 5.58. The Balaban J connectivity index is 1.68. The summed E-state index contributed by atoms with van der Waals surface area (Å²) in [5, 5.41) is 19.2. The molecule has 0 bridgehead atoms. The van der Waals surface area contributed by atoms with Gasteiger partial charge in [0.2, 0.25) is 0 Å². The predicted octanol–water partition coefficient (Wildman–Crippen LogP) is 5.14. The largest absolute Gasteiger partial charge is 0.454 e. The maximum atomic E-state index is 14.7. The first kappa shape index (κ1) is 25.7. The normalized spacial score (nSPS) is 15.6. The second-order valence-electron chi connectivity index (χ2n) is 9.88. The van der Waals surface area contributed by atoms with Crippen LogP contribution in [0.2, 0.25) is 0 Å². The van der Waals surface area contributed by atoms with E-state index in [1.165, 1.54) is 44.5 Å². The minimum absolute atomic E-state index is 0.142. The molecule has 36 heavy (non-hydrogen) atoms. The van der Waals surface area contributed by atoms with Crippen LogP contribution in [0.4, 0.5) is 4.39 Å². The lowest BCUT2D eigenvalue weighted by Gasteiger charge is -2.27. The number of carbonyl (C=O) groups is 1. The molecule has 0 saturated heterocycles. The highest BCUT2D eigenvalue weighted by molar-refractivity contribution is 7.93. The van der Waals surface area contributed by atoms with Gasteiger partial charge in [0.05, 0.1) is 17.6 Å². The van der Waals surface area contributed by atoms with E-state index < -0.39 is 32.7 Å². The summed E-state index contributed by atoms with van der Waals surface area (Å²) in [6.45, 7) is 3.07. The van der Waals surface area contributed by atoms with Crippen molar-refractivity contribution in [3.05, 3.63) is 71.0 Å². The van der Waals surface area contributed by atoms with E-state index in [1.807, 2.05) is 6.07 Å². The molecule has 0 radical (unpaired) electrons. The van der Waals surface area contributed by atoms with Gasteiger partial charge in [0.1, 0.15) is 27.3 Å². The zero-order chi connectivity index (χ0) is 26.1. The van der Waals surface area contributed by atoms with Crippen LogP contribution in [-0.4, -0.2) is 25.8 Å². The Labute approximate surface area is 210 Å². The van der Waals surface area contributed by atoms with Gasteiger partial charge in [0, 0.05) is 24.2 Å². The monoisotopic (exact) mass is 509 g/mol. The number of hydrogen-bond acceptors (Lipinski definition) is 7. The number of Topliss-reactive ketones (excluding diaryl/α,β-unsaturated/α-hetero) is 1. The van der Waals surface area contributed by atoms with Crippen LogP contribution in [0.25, 0.3) is 11.1 Å². The van der Waals surface area contributed by atoms with Gasteiger partial charge in [-0.25, -0.2) is 18.4 Å². The molecule has 2 heterocycles. The summed E-state index contributed by atoms with van der Waals surface area (Å²) in [6.07, 6.45) is 6.37. The van der Waals surface area contributed by atoms with E-state index >= 15 is 0 Å². The number of aromatic nitrogens is 1. The third-order valence-corrected chi connectivity index (χ3v) is 8.16. The van der Waals surface area contributed by atoms with Crippen LogP contribution < -0.4 is 0 Å². The second kappa shape index (κ2) is 9.96. The molecule has 4 rings (SSSR count). The van der Waals surface area contributed by atoms with Gasteiger partial charge in [-0.3, -0.25) is 4.79 Å². The highest BCUT2D eigenvalue weighted by atomic mass is 32.2. The molecular weight excluding hydrogens is 481 g/mol. The molecule has 1 fully saturated rings. The van der Waals surface area contributed by atoms with E-state index in [2.05, 4.69) is 4.98 Å². The number of pyridine rings is 1. The molecule has 1 aliphatic rings. The van der Waals surface area contributed by atoms with E-state index in [0.717, 1.165) is 19.3 Å². The SMILES string of the molecule is CC(C)(O)c1coc(S(=N)(=O)CC(=O)Cc2c(CC3CCC3)cc(F)cc2-c2ccnc(C#N)c2)c1. The Kier molecular flexibility index (Phi) is 7.12. The van der Waals surface area contributed by atoms with Crippen molar-refractivity contribution in [3.63, 3.8) is 0 Å². The number of hydrogen-bond donors (Lipinski definition) is 2. The van der Waals surface area contributed by atoms with Crippen molar-refractivity contribution in [2.75, 3.05) is 5.75 Å². The molecule has 9 heteroatoms. The smallest absolute Gasteiger partial charge is 0.199 e. The molecule has 0 aliphatic heterocycles. The van der Waals surface area contributed by atoms with Crippen LogP contribution in [-0.2, 0) is 33.0 Å². The quantitative estimate of drug-likeness (QED) is 0.411. The minimum atomic E-state index is -3.60.